The minimum Gasteiger partial charge on any atom is -0.374 e. The highest BCUT2D eigenvalue weighted by atomic mass is 79.9. The Balaban J connectivity index is 3.05. The fourth-order valence-corrected chi connectivity index (χ4v) is 2.62. The van der Waals surface area contributed by atoms with E-state index in [1.807, 2.05) is 14.0 Å². The second kappa shape index (κ2) is 6.63. The first kappa shape index (κ1) is 15.6. The summed E-state index contributed by atoms with van der Waals surface area (Å²) < 4.78 is 8.43. The van der Waals surface area contributed by atoms with E-state index in [1.54, 1.807) is 4.68 Å². The zero-order valence-electron chi connectivity index (χ0n) is 11.8. The molecule has 1 heterocycles. The summed E-state index contributed by atoms with van der Waals surface area (Å²) in [5, 5.41) is 11.6. The molecule has 0 radical (unpaired) electrons. The van der Waals surface area contributed by atoms with Crippen molar-refractivity contribution in [2.75, 3.05) is 13.2 Å². The number of hydrogen-bond donors (Lipinski definition) is 1. The quantitative estimate of drug-likeness (QED) is 0.839. The second-order valence-corrected chi connectivity index (χ2v) is 5.56. The lowest BCUT2D eigenvalue weighted by molar-refractivity contribution is -0.0411. The standard InChI is InChI=1S/C12H23BrN4O/c1-6-8-14-10(12(3,4)18-7-2)9-11(13)15-16-17(9)5/h10,14H,6-8H2,1-5H3. The van der Waals surface area contributed by atoms with Crippen molar-refractivity contribution in [3.63, 3.8) is 0 Å². The molecule has 0 saturated carbocycles. The molecule has 0 aliphatic heterocycles. The maximum atomic E-state index is 5.87. The Morgan fingerprint density at radius 2 is 2.11 bits per heavy atom. The third kappa shape index (κ3) is 3.52. The van der Waals surface area contributed by atoms with Crippen LogP contribution in [0.2, 0.25) is 0 Å². The molecule has 6 heteroatoms. The molecule has 1 aromatic heterocycles. The first-order valence-electron chi connectivity index (χ1n) is 6.36. The van der Waals surface area contributed by atoms with Crippen LogP contribution in [0.3, 0.4) is 0 Å². The molecule has 1 unspecified atom stereocenters. The van der Waals surface area contributed by atoms with Gasteiger partial charge in [-0.3, -0.25) is 0 Å². The summed E-state index contributed by atoms with van der Waals surface area (Å²) >= 11 is 3.46. The third-order valence-corrected chi connectivity index (χ3v) is 3.47. The van der Waals surface area contributed by atoms with E-state index < -0.39 is 0 Å². The molecule has 0 aromatic carbocycles. The molecule has 1 aromatic rings. The summed E-state index contributed by atoms with van der Waals surface area (Å²) in [5.41, 5.74) is 0.698. The largest absolute Gasteiger partial charge is 0.374 e. The van der Waals surface area contributed by atoms with Crippen LogP contribution in [0.25, 0.3) is 0 Å². The lowest BCUT2D eigenvalue weighted by atomic mass is 9.95. The van der Waals surface area contributed by atoms with Crippen LogP contribution in [0, 0.1) is 0 Å². The van der Waals surface area contributed by atoms with Crippen LogP contribution in [0.1, 0.15) is 45.9 Å². The molecule has 0 bridgehead atoms. The van der Waals surface area contributed by atoms with Crippen molar-refractivity contribution in [1.29, 1.82) is 0 Å². The zero-order chi connectivity index (χ0) is 13.8. The van der Waals surface area contributed by atoms with E-state index in [1.165, 1.54) is 0 Å². The number of nitrogens with one attached hydrogen (secondary N) is 1. The molecule has 0 saturated heterocycles. The molecule has 1 N–H and O–H groups in total. The first-order chi connectivity index (χ1) is 8.44. The molecule has 18 heavy (non-hydrogen) atoms. The van der Waals surface area contributed by atoms with Crippen LogP contribution in [0.4, 0.5) is 0 Å². The highest BCUT2D eigenvalue weighted by molar-refractivity contribution is 9.10. The first-order valence-corrected chi connectivity index (χ1v) is 7.15. The maximum absolute atomic E-state index is 5.87. The van der Waals surface area contributed by atoms with Gasteiger partial charge in [-0.1, -0.05) is 12.1 Å². The molecule has 1 atom stereocenters. The van der Waals surface area contributed by atoms with Crippen LogP contribution < -0.4 is 5.32 Å². The number of halogens is 1. The Hall–Kier alpha value is -0.460. The van der Waals surface area contributed by atoms with Gasteiger partial charge in [-0.15, -0.1) is 5.10 Å². The van der Waals surface area contributed by atoms with E-state index in [-0.39, 0.29) is 11.6 Å². The predicted molar refractivity (Wildman–Crippen MR) is 75.4 cm³/mol. The van der Waals surface area contributed by atoms with E-state index in [2.05, 4.69) is 52.3 Å². The van der Waals surface area contributed by atoms with Crippen molar-refractivity contribution in [3.05, 3.63) is 10.3 Å². The van der Waals surface area contributed by atoms with E-state index in [0.29, 0.717) is 6.61 Å². The summed E-state index contributed by atoms with van der Waals surface area (Å²) in [4.78, 5) is 0. The minimum absolute atomic E-state index is 0.0479. The van der Waals surface area contributed by atoms with Crippen LogP contribution >= 0.6 is 15.9 Å². The summed E-state index contributed by atoms with van der Waals surface area (Å²) in [6.45, 7) is 9.94. The Morgan fingerprint density at radius 3 is 2.56 bits per heavy atom. The number of aryl methyl sites for hydroxylation is 1. The SMILES string of the molecule is CCCNC(c1c(Br)nnn1C)C(C)(C)OCC. The molecular weight excluding hydrogens is 296 g/mol. The smallest absolute Gasteiger partial charge is 0.153 e. The fraction of sp³-hybridized carbons (Fsp3) is 0.833. The topological polar surface area (TPSA) is 52.0 Å². The highest BCUT2D eigenvalue weighted by Crippen LogP contribution is 2.32. The van der Waals surface area contributed by atoms with Gasteiger partial charge in [-0.05, 0) is 49.7 Å². The van der Waals surface area contributed by atoms with Gasteiger partial charge in [0.2, 0.25) is 0 Å². The van der Waals surface area contributed by atoms with Gasteiger partial charge in [0, 0.05) is 13.7 Å². The lowest BCUT2D eigenvalue weighted by Gasteiger charge is -2.34. The summed E-state index contributed by atoms with van der Waals surface area (Å²) in [5.74, 6) is 0. The molecule has 1 rings (SSSR count). The Morgan fingerprint density at radius 1 is 1.44 bits per heavy atom. The minimum atomic E-state index is -0.318. The summed E-state index contributed by atoms with van der Waals surface area (Å²) in [7, 11) is 1.90. The Labute approximate surface area is 117 Å². The van der Waals surface area contributed by atoms with Crippen LogP contribution in [-0.4, -0.2) is 33.7 Å². The second-order valence-electron chi connectivity index (χ2n) is 4.81. The monoisotopic (exact) mass is 318 g/mol. The fourth-order valence-electron chi connectivity index (χ4n) is 2.06. The lowest BCUT2D eigenvalue weighted by Crippen LogP contribution is -2.43. The van der Waals surface area contributed by atoms with Crippen molar-refractivity contribution >= 4 is 15.9 Å². The van der Waals surface area contributed by atoms with Gasteiger partial charge in [-0.2, -0.15) is 0 Å². The van der Waals surface area contributed by atoms with Gasteiger partial charge >= 0.3 is 0 Å². The third-order valence-electron chi connectivity index (χ3n) is 2.91. The van der Waals surface area contributed by atoms with Crippen molar-refractivity contribution in [1.82, 2.24) is 20.3 Å². The van der Waals surface area contributed by atoms with Crippen molar-refractivity contribution in [3.8, 4) is 0 Å². The zero-order valence-corrected chi connectivity index (χ0v) is 13.4. The van der Waals surface area contributed by atoms with Gasteiger partial charge in [0.25, 0.3) is 0 Å². The summed E-state index contributed by atoms with van der Waals surface area (Å²) in [6.07, 6.45) is 1.07. The van der Waals surface area contributed by atoms with E-state index in [0.717, 1.165) is 23.3 Å². The average molecular weight is 319 g/mol. The normalized spacial score (nSPS) is 13.9. The highest BCUT2D eigenvalue weighted by Gasteiger charge is 2.35. The van der Waals surface area contributed by atoms with E-state index in [9.17, 15) is 0 Å². The molecular formula is C12H23BrN4O. The molecule has 0 amide bonds. The number of ether oxygens (including phenoxy) is 1. The van der Waals surface area contributed by atoms with Crippen LogP contribution in [0.15, 0.2) is 4.60 Å². The average Bonchev–Trinajstić information content (AvgIpc) is 2.60. The maximum Gasteiger partial charge on any atom is 0.153 e. The van der Waals surface area contributed by atoms with Crippen molar-refractivity contribution in [2.45, 2.75) is 45.8 Å². The molecule has 0 fully saturated rings. The molecule has 104 valence electrons. The van der Waals surface area contributed by atoms with Crippen LogP contribution in [0.5, 0.6) is 0 Å². The van der Waals surface area contributed by atoms with E-state index in [4.69, 9.17) is 4.74 Å². The van der Waals surface area contributed by atoms with Crippen molar-refractivity contribution in [2.24, 2.45) is 7.05 Å². The number of nitrogens with zero attached hydrogens (tertiary/aromatic N) is 3. The molecule has 0 aliphatic rings. The predicted octanol–water partition coefficient (Wildman–Crippen LogP) is 2.43. The van der Waals surface area contributed by atoms with Gasteiger partial charge in [-0.25, -0.2) is 4.68 Å². The van der Waals surface area contributed by atoms with Gasteiger partial charge < -0.3 is 10.1 Å². The number of aromatic nitrogens is 3. The number of hydrogen-bond acceptors (Lipinski definition) is 4. The Kier molecular flexibility index (Phi) is 5.75. The molecule has 0 aliphatic carbocycles. The van der Waals surface area contributed by atoms with E-state index >= 15 is 0 Å². The van der Waals surface area contributed by atoms with Gasteiger partial charge in [0.1, 0.15) is 0 Å². The van der Waals surface area contributed by atoms with Crippen LogP contribution in [-0.2, 0) is 11.8 Å². The van der Waals surface area contributed by atoms with Crippen molar-refractivity contribution < 1.29 is 4.74 Å². The van der Waals surface area contributed by atoms with Gasteiger partial charge in [0.05, 0.1) is 17.3 Å². The number of rotatable bonds is 7. The Bertz CT molecular complexity index is 359. The molecule has 0 spiro atoms. The molecule has 5 nitrogen and oxygen atoms in total. The summed E-state index contributed by atoms with van der Waals surface area (Å²) in [6, 6.07) is 0.0479. The van der Waals surface area contributed by atoms with Gasteiger partial charge in [0.15, 0.2) is 4.60 Å².